The van der Waals surface area contributed by atoms with Crippen molar-refractivity contribution in [1.29, 1.82) is 0 Å². The monoisotopic (exact) mass is 587 g/mol. The van der Waals surface area contributed by atoms with Crippen molar-refractivity contribution in [1.82, 2.24) is 5.32 Å². The van der Waals surface area contributed by atoms with Crippen LogP contribution < -0.4 is 11.1 Å². The predicted molar refractivity (Wildman–Crippen MR) is 182 cm³/mol. The Morgan fingerprint density at radius 3 is 2.07 bits per heavy atom. The number of nitrogens with one attached hydrogen (secondary N) is 1. The van der Waals surface area contributed by atoms with Gasteiger partial charge in [0.05, 0.1) is 6.10 Å². The van der Waals surface area contributed by atoms with E-state index in [4.69, 9.17) is 10.5 Å². The lowest BCUT2D eigenvalue weighted by Gasteiger charge is -2.62. The Morgan fingerprint density at radius 2 is 1.36 bits per heavy atom. The smallest absolute Gasteiger partial charge is 0.0611 e. The molecule has 8 atom stereocenters. The minimum atomic E-state index is 0.501. The summed E-state index contributed by atoms with van der Waals surface area (Å²) in [6, 6.07) is 0. The minimum Gasteiger partial charge on any atom is -0.378 e. The summed E-state index contributed by atoms with van der Waals surface area (Å²) in [4.78, 5) is 0. The van der Waals surface area contributed by atoms with E-state index in [9.17, 15) is 0 Å². The van der Waals surface area contributed by atoms with E-state index in [1.54, 1.807) is 0 Å². The summed E-state index contributed by atoms with van der Waals surface area (Å²) in [5.41, 5.74) is 7.01. The zero-order valence-electron chi connectivity index (χ0n) is 28.7. The van der Waals surface area contributed by atoms with Crippen molar-refractivity contribution < 1.29 is 4.74 Å². The molecule has 4 saturated carbocycles. The molecule has 246 valence electrons. The molecule has 3 heteroatoms. The summed E-state index contributed by atoms with van der Waals surface area (Å²) in [7, 11) is 0. The summed E-state index contributed by atoms with van der Waals surface area (Å²) in [6.07, 6.45) is 34.6. The number of unbranched alkanes of at least 4 members (excludes halogenated alkanes) is 11. The molecule has 2 unspecified atom stereocenters. The lowest BCUT2D eigenvalue weighted by Crippen LogP contribution is -2.58. The lowest BCUT2D eigenvalue weighted by molar-refractivity contribution is -0.178. The molecule has 0 aromatic rings. The Labute approximate surface area is 263 Å². The van der Waals surface area contributed by atoms with Crippen LogP contribution in [-0.2, 0) is 4.74 Å². The Bertz CT molecular complexity index is 727. The Morgan fingerprint density at radius 1 is 0.690 bits per heavy atom. The molecule has 0 aromatic carbocycles. The number of nitrogens with two attached hydrogens (primary N) is 1. The van der Waals surface area contributed by atoms with Crippen LogP contribution in [-0.4, -0.2) is 32.3 Å². The van der Waals surface area contributed by atoms with Gasteiger partial charge in [-0.3, -0.25) is 0 Å². The third-order valence-electron chi connectivity index (χ3n) is 13.6. The molecule has 3 nitrogen and oxygen atoms in total. The molecule has 4 aliphatic rings. The molecular weight excluding hydrogens is 512 g/mol. The van der Waals surface area contributed by atoms with Crippen molar-refractivity contribution in [3.63, 3.8) is 0 Å². The fraction of sp³-hybridized carbons (Fsp3) is 1.00. The molecular formula is C39H74N2O. The molecule has 3 N–H and O–H groups in total. The highest BCUT2D eigenvalue weighted by Crippen LogP contribution is 2.68. The molecule has 4 rings (SSSR count). The van der Waals surface area contributed by atoms with Crippen LogP contribution in [0.15, 0.2) is 0 Å². The SMILES string of the molecule is CCCCCCCCCCCCCNCCCC[C@H]1CCC2[C@H]3C(CC[C@@]21C)[C@@]1(C)CCCC[C@H]1C[C@H]3OCCCN. The highest BCUT2D eigenvalue weighted by molar-refractivity contribution is 5.11. The molecule has 0 radical (unpaired) electrons. The quantitative estimate of drug-likeness (QED) is 0.132. The van der Waals surface area contributed by atoms with Crippen molar-refractivity contribution in [2.45, 2.75) is 181 Å². The van der Waals surface area contributed by atoms with Gasteiger partial charge in [0.25, 0.3) is 0 Å². The fourth-order valence-corrected chi connectivity index (χ4v) is 11.0. The van der Waals surface area contributed by atoms with Crippen molar-refractivity contribution in [3.05, 3.63) is 0 Å². The van der Waals surface area contributed by atoms with Gasteiger partial charge >= 0.3 is 0 Å². The molecule has 42 heavy (non-hydrogen) atoms. The fourth-order valence-electron chi connectivity index (χ4n) is 11.0. The van der Waals surface area contributed by atoms with Gasteiger partial charge in [-0.1, -0.05) is 104 Å². The summed E-state index contributed by atoms with van der Waals surface area (Å²) in [5.74, 6) is 4.43. The average Bonchev–Trinajstić information content (AvgIpc) is 3.33. The predicted octanol–water partition coefficient (Wildman–Crippen LogP) is 10.5. The van der Waals surface area contributed by atoms with Gasteiger partial charge in [-0.05, 0) is 131 Å². The number of hydrogen-bond acceptors (Lipinski definition) is 3. The van der Waals surface area contributed by atoms with E-state index >= 15 is 0 Å². The van der Waals surface area contributed by atoms with Gasteiger partial charge in [0, 0.05) is 6.61 Å². The molecule has 0 heterocycles. The minimum absolute atomic E-state index is 0.501. The second-order valence-electron chi connectivity index (χ2n) is 16.1. The van der Waals surface area contributed by atoms with Gasteiger partial charge in [0.15, 0.2) is 0 Å². The van der Waals surface area contributed by atoms with Crippen LogP contribution in [0, 0.1) is 40.4 Å². The zero-order valence-corrected chi connectivity index (χ0v) is 28.7. The van der Waals surface area contributed by atoms with Gasteiger partial charge in [-0.2, -0.15) is 0 Å². The molecule has 0 aromatic heterocycles. The van der Waals surface area contributed by atoms with E-state index in [0.717, 1.165) is 49.2 Å². The third kappa shape index (κ3) is 8.99. The highest BCUT2D eigenvalue weighted by Gasteiger charge is 2.62. The van der Waals surface area contributed by atoms with Crippen LogP contribution in [0.25, 0.3) is 0 Å². The van der Waals surface area contributed by atoms with Crippen molar-refractivity contribution in [3.8, 4) is 0 Å². The molecule has 0 aliphatic heterocycles. The maximum atomic E-state index is 6.78. The second-order valence-corrected chi connectivity index (χ2v) is 16.1. The van der Waals surface area contributed by atoms with Gasteiger partial charge in [-0.15, -0.1) is 0 Å². The average molecular weight is 587 g/mol. The molecule has 0 spiro atoms. The standard InChI is InChI=1S/C39H74N2O/c1-4-5-6-7-8-9-10-11-12-13-17-28-41-29-18-15-20-32-22-23-34-37-35(24-26-39(32,34)3)38(2)25-16-14-21-33(38)31-36(37)42-30-19-27-40/h32-37,41H,4-31,40H2,1-3H3/t32-,33-,34?,35?,36+,37-,38-,39+/m0/s1. The Kier molecular flexibility index (Phi) is 15.0. The number of fused-ring (bicyclic) bond motifs is 5. The Hall–Kier alpha value is -0.120. The first-order valence-electron chi connectivity index (χ1n) is 19.6. The topological polar surface area (TPSA) is 47.3 Å². The zero-order chi connectivity index (χ0) is 29.7. The van der Waals surface area contributed by atoms with E-state index in [2.05, 4.69) is 26.1 Å². The lowest BCUT2D eigenvalue weighted by atomic mass is 9.44. The maximum Gasteiger partial charge on any atom is 0.0611 e. The van der Waals surface area contributed by atoms with Gasteiger partial charge in [0.1, 0.15) is 0 Å². The molecule has 4 aliphatic carbocycles. The summed E-state index contributed by atoms with van der Waals surface area (Å²) in [6.45, 7) is 11.8. The van der Waals surface area contributed by atoms with E-state index in [1.165, 1.54) is 161 Å². The van der Waals surface area contributed by atoms with Crippen LogP contribution in [0.3, 0.4) is 0 Å². The first-order chi connectivity index (χ1) is 20.5. The van der Waals surface area contributed by atoms with Crippen LogP contribution >= 0.6 is 0 Å². The van der Waals surface area contributed by atoms with Crippen LogP contribution in [0.1, 0.15) is 175 Å². The van der Waals surface area contributed by atoms with Gasteiger partial charge in [-0.25, -0.2) is 0 Å². The van der Waals surface area contributed by atoms with E-state index < -0.39 is 0 Å². The first kappa shape index (κ1) is 34.7. The summed E-state index contributed by atoms with van der Waals surface area (Å²) >= 11 is 0. The van der Waals surface area contributed by atoms with Crippen LogP contribution in [0.4, 0.5) is 0 Å². The third-order valence-corrected chi connectivity index (χ3v) is 13.6. The number of rotatable bonds is 21. The Balaban J connectivity index is 1.13. The summed E-state index contributed by atoms with van der Waals surface area (Å²) < 4.78 is 6.78. The number of ether oxygens (including phenoxy) is 1. The van der Waals surface area contributed by atoms with E-state index in [1.807, 2.05) is 0 Å². The van der Waals surface area contributed by atoms with Crippen LogP contribution in [0.5, 0.6) is 0 Å². The first-order valence-corrected chi connectivity index (χ1v) is 19.6. The highest BCUT2D eigenvalue weighted by atomic mass is 16.5. The normalized spacial score (nSPS) is 36.0. The number of hydrogen-bond donors (Lipinski definition) is 2. The van der Waals surface area contributed by atoms with E-state index in [0.29, 0.717) is 16.9 Å². The van der Waals surface area contributed by atoms with Crippen molar-refractivity contribution >= 4 is 0 Å². The van der Waals surface area contributed by atoms with Gasteiger partial charge < -0.3 is 15.8 Å². The maximum absolute atomic E-state index is 6.78. The second kappa shape index (κ2) is 18.1. The van der Waals surface area contributed by atoms with Crippen molar-refractivity contribution in [2.75, 3.05) is 26.2 Å². The molecule has 0 saturated heterocycles. The molecule has 4 fully saturated rings. The van der Waals surface area contributed by atoms with Crippen LogP contribution in [0.2, 0.25) is 0 Å². The summed E-state index contributed by atoms with van der Waals surface area (Å²) in [5, 5.41) is 3.78. The largest absolute Gasteiger partial charge is 0.378 e. The van der Waals surface area contributed by atoms with Gasteiger partial charge in [0.2, 0.25) is 0 Å². The van der Waals surface area contributed by atoms with E-state index in [-0.39, 0.29) is 0 Å². The van der Waals surface area contributed by atoms with Crippen molar-refractivity contribution in [2.24, 2.45) is 46.2 Å². The molecule has 0 amide bonds. The molecule has 0 bridgehead atoms.